The van der Waals surface area contributed by atoms with Gasteiger partial charge in [0.25, 0.3) is 30.4 Å². The van der Waals surface area contributed by atoms with Crippen LogP contribution in [0.4, 0.5) is 5.69 Å². The fourth-order valence-corrected chi connectivity index (χ4v) is 13.5. The first-order valence-corrected chi connectivity index (χ1v) is 32.4. The Morgan fingerprint density at radius 3 is 2.14 bits per heavy atom. The van der Waals surface area contributed by atoms with Crippen molar-refractivity contribution in [1.29, 1.82) is 0 Å². The molecule has 3 heterocycles. The summed E-state index contributed by atoms with van der Waals surface area (Å²) in [5, 5.41) is 77.0. The normalized spacial score (nSPS) is 28.8. The largest absolute Gasteiger partial charge is 0.479 e. The van der Waals surface area contributed by atoms with E-state index in [-0.39, 0.29) is 56.7 Å². The number of aliphatic hydroxyl groups is 5. The number of benzene rings is 3. The molecule has 30 nitrogen and oxygen atoms in total. The van der Waals surface area contributed by atoms with Crippen LogP contribution in [0.5, 0.6) is 0 Å². The maximum absolute atomic E-state index is 14.2. The van der Waals surface area contributed by atoms with Crippen molar-refractivity contribution in [2.45, 2.75) is 185 Å². The van der Waals surface area contributed by atoms with Gasteiger partial charge in [-0.1, -0.05) is 62.4 Å². The topological polar surface area (TPSA) is 463 Å². The van der Waals surface area contributed by atoms with E-state index in [2.05, 4.69) is 20.9 Å². The van der Waals surface area contributed by atoms with Crippen molar-refractivity contribution in [2.24, 2.45) is 17.8 Å². The highest BCUT2D eigenvalue weighted by atomic mass is 32.2. The van der Waals surface area contributed by atoms with Crippen molar-refractivity contribution < 1.29 is 117 Å². The summed E-state index contributed by atoms with van der Waals surface area (Å²) < 4.78 is 141. The van der Waals surface area contributed by atoms with E-state index in [1.807, 2.05) is 0 Å². The highest BCUT2D eigenvalue weighted by Crippen LogP contribution is 2.41. The van der Waals surface area contributed by atoms with Gasteiger partial charge < -0.3 is 69.7 Å². The zero-order valence-electron chi connectivity index (χ0n) is 47.0. The third kappa shape index (κ3) is 16.6. The van der Waals surface area contributed by atoms with Gasteiger partial charge in [-0.2, -0.15) is 25.3 Å². The number of carboxylic acids is 1. The Hall–Kier alpha value is -5.73. The van der Waals surface area contributed by atoms with E-state index in [4.69, 9.17) is 28.4 Å². The van der Waals surface area contributed by atoms with Crippen molar-refractivity contribution in [3.63, 3.8) is 0 Å². The lowest BCUT2D eigenvalue weighted by molar-refractivity contribution is -0.349. The molecule has 480 valence electrons. The van der Waals surface area contributed by atoms with E-state index in [1.54, 1.807) is 25.1 Å². The molecule has 3 aromatic carbocycles. The average molecular weight is 1290 g/mol. The average Bonchev–Trinajstić information content (AvgIpc) is 1.30. The van der Waals surface area contributed by atoms with E-state index >= 15 is 0 Å². The number of nitrogens with zero attached hydrogens (tertiary/aromatic N) is 3. The summed E-state index contributed by atoms with van der Waals surface area (Å²) in [6, 6.07) is 10.2. The number of esters is 1. The fraction of sp³-hybridized carbons (Fsp3) is 0.593. The predicted molar refractivity (Wildman–Crippen MR) is 297 cm³/mol. The van der Waals surface area contributed by atoms with E-state index in [0.717, 1.165) is 44.2 Å². The molecule has 0 spiro atoms. The predicted octanol–water partition coefficient (Wildman–Crippen LogP) is 1.01. The monoisotopic (exact) mass is 1290 g/mol. The first-order chi connectivity index (χ1) is 41.0. The lowest BCUT2D eigenvalue weighted by Crippen LogP contribution is -2.64. The van der Waals surface area contributed by atoms with Crippen LogP contribution in [-0.2, 0) is 86.1 Å². The number of aromatic nitrogens is 3. The molecule has 2 saturated heterocycles. The number of carboxylic acid groups (broad SMARTS) is 1. The number of carbonyl (C=O) groups is 4. The van der Waals surface area contributed by atoms with Gasteiger partial charge in [-0.05, 0) is 87.3 Å². The number of ether oxygens (including phenoxy) is 6. The number of fused-ring (bicyclic) bond motifs is 1. The van der Waals surface area contributed by atoms with Crippen molar-refractivity contribution >= 4 is 70.6 Å². The van der Waals surface area contributed by atoms with Crippen molar-refractivity contribution in [1.82, 2.24) is 20.3 Å². The Kier molecular flexibility index (Phi) is 21.9. The number of amides is 2. The Balaban J connectivity index is 0.955. The number of nitrogens with one attached hydrogen (secondary N) is 2. The van der Waals surface area contributed by atoms with Gasteiger partial charge in [0.15, 0.2) is 24.8 Å². The third-order valence-electron chi connectivity index (χ3n) is 16.0. The van der Waals surface area contributed by atoms with Gasteiger partial charge in [0.05, 0.1) is 53.3 Å². The Morgan fingerprint density at radius 1 is 0.782 bits per heavy atom. The number of rotatable bonds is 24. The highest BCUT2D eigenvalue weighted by Gasteiger charge is 2.54. The molecule has 1 aromatic heterocycles. The maximum Gasteiger partial charge on any atom is 0.338 e. The Labute approximate surface area is 499 Å². The summed E-state index contributed by atoms with van der Waals surface area (Å²) >= 11 is 0. The maximum atomic E-state index is 14.2. The van der Waals surface area contributed by atoms with Gasteiger partial charge in [0, 0.05) is 35.9 Å². The van der Waals surface area contributed by atoms with E-state index in [9.17, 15) is 88.7 Å². The SMILES string of the molecule is CC1CC(C(=O)NCCCc2cn(CCC(=O)Nc3ccc(S(=O)(=O)O)c4cc(S(=O)(=O)O)cc(S(=O)(=O)O)c34)nn2)CC(OC2OC(CO)C(O)C(O[C@@H](CC3CCCCC3)C(=O)O)C2OC(=O)c2ccccc2)C1OC1OC(C)C(O)C(O)C1O. The van der Waals surface area contributed by atoms with Gasteiger partial charge in [-0.25, -0.2) is 9.59 Å². The van der Waals surface area contributed by atoms with E-state index < -0.39 is 183 Å². The van der Waals surface area contributed by atoms with Crippen LogP contribution < -0.4 is 10.6 Å². The number of hydrogen-bond donors (Lipinski definition) is 11. The summed E-state index contributed by atoms with van der Waals surface area (Å²) in [5.41, 5.74) is 0.0633. The lowest BCUT2D eigenvalue weighted by Gasteiger charge is -2.48. The van der Waals surface area contributed by atoms with Gasteiger partial charge in [0.1, 0.15) is 46.4 Å². The molecule has 0 radical (unpaired) electrons. The van der Waals surface area contributed by atoms with Crippen LogP contribution >= 0.6 is 0 Å². The zero-order chi connectivity index (χ0) is 63.3. The van der Waals surface area contributed by atoms with Crippen LogP contribution in [0, 0.1) is 17.8 Å². The molecule has 0 bridgehead atoms. The number of anilines is 1. The number of aryl methyl sites for hydroxylation is 2. The fourth-order valence-electron chi connectivity index (χ4n) is 11.5. The summed E-state index contributed by atoms with van der Waals surface area (Å²) in [5.74, 6) is -5.02. The van der Waals surface area contributed by atoms with E-state index in [1.165, 1.54) is 29.9 Å². The van der Waals surface area contributed by atoms with Crippen LogP contribution in [0.1, 0.15) is 94.1 Å². The van der Waals surface area contributed by atoms with Crippen LogP contribution in [0.15, 0.2) is 75.5 Å². The summed E-state index contributed by atoms with van der Waals surface area (Å²) in [6.45, 7) is 2.30. The Morgan fingerprint density at radius 2 is 1.48 bits per heavy atom. The second kappa shape index (κ2) is 28.4. The number of aliphatic carboxylic acids is 1. The van der Waals surface area contributed by atoms with Crippen LogP contribution in [-0.4, -0.2) is 201 Å². The minimum Gasteiger partial charge on any atom is -0.479 e. The van der Waals surface area contributed by atoms with Crippen LogP contribution in [0.25, 0.3) is 10.8 Å². The van der Waals surface area contributed by atoms with Gasteiger partial charge >= 0.3 is 11.9 Å². The summed E-state index contributed by atoms with van der Waals surface area (Å²) in [6.07, 6.45) is -13.7. The molecule has 15 atom stereocenters. The third-order valence-corrected chi connectivity index (χ3v) is 18.6. The first-order valence-electron chi connectivity index (χ1n) is 28.1. The molecule has 4 fully saturated rings. The Bertz CT molecular complexity index is 3440. The molecule has 4 aliphatic rings. The van der Waals surface area contributed by atoms with Crippen molar-refractivity contribution in [3.05, 3.63) is 72.1 Å². The number of carbonyl (C=O) groups excluding carboxylic acids is 3. The van der Waals surface area contributed by atoms with Crippen molar-refractivity contribution in [2.75, 3.05) is 18.5 Å². The second-order valence-electron chi connectivity index (χ2n) is 22.3. The first kappa shape index (κ1) is 67.2. The smallest absolute Gasteiger partial charge is 0.338 e. The molecule has 2 amide bonds. The van der Waals surface area contributed by atoms with Gasteiger partial charge in [-0.3, -0.25) is 27.9 Å². The molecule has 14 unspecified atom stereocenters. The standard InChI is InChI=1S/C54H71N5O25S3/c1-27-20-31(50(66)55-18-9-14-32-25-59(58-57-32)19-17-41(61)56-35-15-16-39(86(73,74)75)34-23-33(85(70,71)72)24-40(42(34)35)87(76,77)78)22-36(47(27)84-53-46(65)45(64)43(62)28(2)79-53)81-54-49(83-52(69)30-12-7-4-8-13-30)48(44(63)38(26-60)82-54)80-37(51(67)68)21-29-10-5-3-6-11-29/h4,7-8,12-13,15-16,23-25,27-29,31,36-38,43-49,53-54,60,62-65H,3,5-6,9-11,14,17-22,26H2,1-2H3,(H,55,66)(H,56,61)(H,67,68)(H,70,71,72)(H,73,74,75)(H,76,77,78)/t27?,28?,31?,36?,37-,38?,43?,44?,45?,46?,47?,48?,49?,53?,54?/m0/s1. The molecular weight excluding hydrogens is 1210 g/mol. The summed E-state index contributed by atoms with van der Waals surface area (Å²) in [4.78, 5) is 50.8. The quantitative estimate of drug-likeness (QED) is 0.0265. The molecule has 33 heteroatoms. The highest BCUT2D eigenvalue weighted by molar-refractivity contribution is 7.87. The molecule has 2 aliphatic carbocycles. The van der Waals surface area contributed by atoms with Crippen LogP contribution in [0.3, 0.4) is 0 Å². The number of aliphatic hydroxyl groups excluding tert-OH is 5. The van der Waals surface area contributed by atoms with E-state index in [0.29, 0.717) is 24.2 Å². The second-order valence-corrected chi connectivity index (χ2v) is 26.5. The number of hydrogen-bond acceptors (Lipinski definition) is 23. The molecule has 11 N–H and O–H groups in total. The summed E-state index contributed by atoms with van der Waals surface area (Å²) in [7, 11) is -15.8. The lowest BCUT2D eigenvalue weighted by atomic mass is 9.77. The van der Waals surface area contributed by atoms with Crippen LogP contribution in [0.2, 0.25) is 0 Å². The van der Waals surface area contributed by atoms with Gasteiger partial charge in [0.2, 0.25) is 11.8 Å². The van der Waals surface area contributed by atoms with Gasteiger partial charge in [-0.15, -0.1) is 5.10 Å². The molecule has 8 rings (SSSR count). The molecule has 2 aliphatic heterocycles. The molecule has 4 aromatic rings. The molecular formula is C54H71N5O25S3. The minimum atomic E-state index is -5.38. The molecule has 2 saturated carbocycles. The minimum absolute atomic E-state index is 0.0250. The zero-order valence-corrected chi connectivity index (χ0v) is 49.5. The molecule has 87 heavy (non-hydrogen) atoms. The van der Waals surface area contributed by atoms with Crippen molar-refractivity contribution in [3.8, 4) is 0 Å².